The van der Waals surface area contributed by atoms with Crippen molar-refractivity contribution in [3.05, 3.63) is 29.8 Å². The molecule has 1 unspecified atom stereocenters. The molecule has 19 heavy (non-hydrogen) atoms. The fourth-order valence-electron chi connectivity index (χ4n) is 1.58. The lowest BCUT2D eigenvalue weighted by Crippen LogP contribution is -2.20. The van der Waals surface area contributed by atoms with Gasteiger partial charge in [0.05, 0.1) is 6.42 Å². The number of nitrogens with one attached hydrogen (secondary N) is 1. The van der Waals surface area contributed by atoms with Crippen LogP contribution in [-0.4, -0.2) is 18.1 Å². The zero-order valence-corrected chi connectivity index (χ0v) is 10.6. The Balaban J connectivity index is 2.70. The number of nitrogens with two attached hydrogens (primary N) is 1. The molecular formula is C13H17F3N2O. The third kappa shape index (κ3) is 6.24. The topological polar surface area (TPSA) is 55.1 Å². The summed E-state index contributed by atoms with van der Waals surface area (Å²) in [6.45, 7) is 1.77. The van der Waals surface area contributed by atoms with Gasteiger partial charge >= 0.3 is 6.18 Å². The summed E-state index contributed by atoms with van der Waals surface area (Å²) in [5, 5.41) is 2.49. The number of hydrogen-bond acceptors (Lipinski definition) is 2. The minimum Gasteiger partial charge on any atom is -0.328 e. The molecule has 106 valence electrons. The number of anilines is 1. The van der Waals surface area contributed by atoms with Crippen LogP contribution in [0.4, 0.5) is 18.9 Å². The van der Waals surface area contributed by atoms with Gasteiger partial charge in [-0.3, -0.25) is 4.79 Å². The van der Waals surface area contributed by atoms with Crippen LogP contribution in [0.1, 0.15) is 25.3 Å². The summed E-state index contributed by atoms with van der Waals surface area (Å²) in [5.74, 6) is -0.327. The smallest absolute Gasteiger partial charge is 0.328 e. The average Bonchev–Trinajstić information content (AvgIpc) is 2.27. The summed E-state index contributed by atoms with van der Waals surface area (Å²) in [6.07, 6.45) is -4.67. The van der Waals surface area contributed by atoms with Gasteiger partial charge in [-0.15, -0.1) is 0 Å². The lowest BCUT2D eigenvalue weighted by atomic mass is 10.1. The predicted octanol–water partition coefficient (Wildman–Crippen LogP) is 2.86. The van der Waals surface area contributed by atoms with E-state index in [1.165, 1.54) is 18.2 Å². The Kier molecular flexibility index (Phi) is 5.35. The van der Waals surface area contributed by atoms with Crippen molar-refractivity contribution in [3.63, 3.8) is 0 Å². The van der Waals surface area contributed by atoms with E-state index < -0.39 is 12.6 Å². The molecule has 0 saturated heterocycles. The van der Waals surface area contributed by atoms with Gasteiger partial charge in [0.25, 0.3) is 0 Å². The quantitative estimate of drug-likeness (QED) is 0.867. The molecule has 1 aromatic carbocycles. The van der Waals surface area contributed by atoms with Crippen LogP contribution in [0.2, 0.25) is 0 Å². The van der Waals surface area contributed by atoms with Crippen molar-refractivity contribution < 1.29 is 18.0 Å². The lowest BCUT2D eigenvalue weighted by molar-refractivity contribution is -0.127. The lowest BCUT2D eigenvalue weighted by Gasteiger charge is -2.13. The van der Waals surface area contributed by atoms with E-state index in [-0.39, 0.29) is 29.6 Å². The fourth-order valence-corrected chi connectivity index (χ4v) is 1.58. The van der Waals surface area contributed by atoms with Crippen LogP contribution in [0.15, 0.2) is 24.3 Å². The number of hydrogen-bond donors (Lipinski definition) is 2. The van der Waals surface area contributed by atoms with Crippen LogP contribution in [0.25, 0.3) is 0 Å². The SMILES string of the molecule is CC(N)CCC(=O)Nc1ccccc1CC(F)(F)F. The summed E-state index contributed by atoms with van der Waals surface area (Å²) in [6, 6.07) is 5.80. The van der Waals surface area contributed by atoms with Crippen LogP contribution in [0.5, 0.6) is 0 Å². The van der Waals surface area contributed by atoms with Crippen molar-refractivity contribution in [1.82, 2.24) is 0 Å². The predicted molar refractivity (Wildman–Crippen MR) is 67.7 cm³/mol. The molecular weight excluding hydrogens is 257 g/mol. The standard InChI is InChI=1S/C13H17F3N2O/c1-9(17)6-7-12(19)18-11-5-3-2-4-10(11)8-13(14,15)16/h2-5,9H,6-8,17H2,1H3,(H,18,19). The Bertz CT molecular complexity index is 430. The van der Waals surface area contributed by atoms with Gasteiger partial charge < -0.3 is 11.1 Å². The molecule has 0 aliphatic carbocycles. The van der Waals surface area contributed by atoms with Crippen LogP contribution >= 0.6 is 0 Å². The van der Waals surface area contributed by atoms with Crippen LogP contribution in [-0.2, 0) is 11.2 Å². The highest BCUT2D eigenvalue weighted by Crippen LogP contribution is 2.26. The van der Waals surface area contributed by atoms with E-state index in [2.05, 4.69) is 5.32 Å². The molecule has 0 aliphatic rings. The van der Waals surface area contributed by atoms with Gasteiger partial charge in [0.15, 0.2) is 0 Å². The molecule has 6 heteroatoms. The molecule has 0 bridgehead atoms. The minimum atomic E-state index is -4.30. The van der Waals surface area contributed by atoms with Gasteiger partial charge in [0, 0.05) is 18.2 Å². The summed E-state index contributed by atoms with van der Waals surface area (Å²) in [4.78, 5) is 11.6. The van der Waals surface area contributed by atoms with E-state index >= 15 is 0 Å². The normalized spacial score (nSPS) is 13.1. The maximum atomic E-state index is 12.4. The Hall–Kier alpha value is -1.56. The minimum absolute atomic E-state index is 0.0594. The van der Waals surface area contributed by atoms with E-state index in [0.29, 0.717) is 6.42 Å². The molecule has 3 nitrogen and oxygen atoms in total. The second-order valence-corrected chi connectivity index (χ2v) is 4.51. The number of rotatable bonds is 5. The van der Waals surface area contributed by atoms with E-state index in [9.17, 15) is 18.0 Å². The molecule has 0 fully saturated rings. The second-order valence-electron chi connectivity index (χ2n) is 4.51. The van der Waals surface area contributed by atoms with Gasteiger partial charge in [-0.05, 0) is 25.0 Å². The number of halogens is 3. The third-order valence-corrected chi connectivity index (χ3v) is 2.51. The Labute approximate surface area is 110 Å². The first-order valence-electron chi connectivity index (χ1n) is 5.98. The molecule has 0 heterocycles. The molecule has 1 rings (SSSR count). The first-order chi connectivity index (χ1) is 8.78. The van der Waals surface area contributed by atoms with E-state index in [0.717, 1.165) is 0 Å². The Morgan fingerprint density at radius 1 is 1.37 bits per heavy atom. The van der Waals surface area contributed by atoms with Crippen molar-refractivity contribution in [2.45, 2.75) is 38.4 Å². The number of benzene rings is 1. The van der Waals surface area contributed by atoms with Crippen molar-refractivity contribution in [2.24, 2.45) is 5.73 Å². The van der Waals surface area contributed by atoms with Crippen LogP contribution in [0, 0.1) is 0 Å². The van der Waals surface area contributed by atoms with Gasteiger partial charge in [-0.1, -0.05) is 18.2 Å². The highest BCUT2D eigenvalue weighted by Gasteiger charge is 2.28. The maximum absolute atomic E-state index is 12.4. The molecule has 1 atom stereocenters. The van der Waals surface area contributed by atoms with Crippen molar-refractivity contribution >= 4 is 11.6 Å². The van der Waals surface area contributed by atoms with E-state index in [1.807, 2.05) is 0 Å². The largest absolute Gasteiger partial charge is 0.393 e. The average molecular weight is 274 g/mol. The zero-order chi connectivity index (χ0) is 14.5. The molecule has 0 saturated carbocycles. The first-order valence-corrected chi connectivity index (χ1v) is 5.98. The van der Waals surface area contributed by atoms with Gasteiger partial charge in [0.2, 0.25) is 5.91 Å². The number of para-hydroxylation sites is 1. The number of carbonyl (C=O) groups is 1. The molecule has 0 aliphatic heterocycles. The third-order valence-electron chi connectivity index (χ3n) is 2.51. The Morgan fingerprint density at radius 3 is 2.58 bits per heavy atom. The molecule has 0 spiro atoms. The van der Waals surface area contributed by atoms with Crippen molar-refractivity contribution in [3.8, 4) is 0 Å². The van der Waals surface area contributed by atoms with E-state index in [1.54, 1.807) is 13.0 Å². The van der Waals surface area contributed by atoms with Crippen LogP contribution in [0.3, 0.4) is 0 Å². The zero-order valence-electron chi connectivity index (χ0n) is 10.6. The maximum Gasteiger partial charge on any atom is 0.393 e. The molecule has 1 amide bonds. The van der Waals surface area contributed by atoms with Crippen molar-refractivity contribution in [2.75, 3.05) is 5.32 Å². The number of alkyl halides is 3. The van der Waals surface area contributed by atoms with Gasteiger partial charge in [-0.2, -0.15) is 13.2 Å². The molecule has 1 aromatic rings. The summed E-state index contributed by atoms with van der Waals surface area (Å²) < 4.78 is 37.2. The van der Waals surface area contributed by atoms with Crippen molar-refractivity contribution in [1.29, 1.82) is 0 Å². The molecule has 0 radical (unpaired) electrons. The number of amides is 1. The summed E-state index contributed by atoms with van der Waals surface area (Å²) in [5.41, 5.74) is 5.78. The monoisotopic (exact) mass is 274 g/mol. The summed E-state index contributed by atoms with van der Waals surface area (Å²) in [7, 11) is 0. The highest BCUT2D eigenvalue weighted by atomic mass is 19.4. The first kappa shape index (κ1) is 15.5. The summed E-state index contributed by atoms with van der Waals surface area (Å²) >= 11 is 0. The second kappa shape index (κ2) is 6.56. The van der Waals surface area contributed by atoms with Gasteiger partial charge in [-0.25, -0.2) is 0 Å². The fraction of sp³-hybridized carbons (Fsp3) is 0.462. The van der Waals surface area contributed by atoms with E-state index in [4.69, 9.17) is 5.73 Å². The molecule has 3 N–H and O–H groups in total. The molecule has 0 aromatic heterocycles. The highest BCUT2D eigenvalue weighted by molar-refractivity contribution is 5.91. The van der Waals surface area contributed by atoms with Gasteiger partial charge in [0.1, 0.15) is 0 Å². The Morgan fingerprint density at radius 2 is 2.00 bits per heavy atom. The number of carbonyl (C=O) groups excluding carboxylic acids is 1. The van der Waals surface area contributed by atoms with Crippen LogP contribution < -0.4 is 11.1 Å².